The summed E-state index contributed by atoms with van der Waals surface area (Å²) in [5, 5.41) is 3.38. The Labute approximate surface area is 71.6 Å². The molecule has 11 heavy (non-hydrogen) atoms. The third kappa shape index (κ3) is 3.24. The van der Waals surface area contributed by atoms with Gasteiger partial charge >= 0.3 is 0 Å². The molecule has 0 aromatic heterocycles. The topological polar surface area (TPSA) is 12.0 Å². The van der Waals surface area contributed by atoms with Crippen LogP contribution >= 0.6 is 0 Å². The Hall–Kier alpha value is -0.0400. The molecule has 1 N–H and O–H groups in total. The average Bonchev–Trinajstić information content (AvgIpc) is 2.00. The molecular weight excluding hydrogens is 134 g/mol. The third-order valence-corrected chi connectivity index (χ3v) is 2.79. The van der Waals surface area contributed by atoms with Crippen molar-refractivity contribution in [2.75, 3.05) is 7.05 Å². The van der Waals surface area contributed by atoms with Crippen molar-refractivity contribution in [3.63, 3.8) is 0 Å². The summed E-state index contributed by atoms with van der Waals surface area (Å²) in [4.78, 5) is 0. The van der Waals surface area contributed by atoms with Crippen molar-refractivity contribution < 1.29 is 0 Å². The van der Waals surface area contributed by atoms with E-state index in [4.69, 9.17) is 0 Å². The molecule has 0 spiro atoms. The normalized spacial score (nSPS) is 15.0. The molecule has 0 aromatic rings. The van der Waals surface area contributed by atoms with Crippen molar-refractivity contribution in [2.24, 2.45) is 5.92 Å². The van der Waals surface area contributed by atoms with Crippen molar-refractivity contribution in [1.82, 2.24) is 5.32 Å². The fourth-order valence-corrected chi connectivity index (χ4v) is 1.63. The molecule has 0 aromatic carbocycles. The van der Waals surface area contributed by atoms with Gasteiger partial charge in [0.1, 0.15) is 0 Å². The van der Waals surface area contributed by atoms with Gasteiger partial charge in [0.05, 0.1) is 0 Å². The lowest BCUT2D eigenvalue weighted by molar-refractivity contribution is 0.245. The lowest BCUT2D eigenvalue weighted by atomic mass is 9.82. The molecule has 1 nitrogen and oxygen atoms in total. The van der Waals surface area contributed by atoms with Gasteiger partial charge in [-0.1, -0.05) is 26.7 Å². The molecule has 0 amide bonds. The molecule has 1 atom stereocenters. The minimum atomic E-state index is 0.310. The van der Waals surface area contributed by atoms with E-state index in [-0.39, 0.29) is 0 Å². The van der Waals surface area contributed by atoms with Gasteiger partial charge in [0.25, 0.3) is 0 Å². The molecule has 0 saturated heterocycles. The van der Waals surface area contributed by atoms with Gasteiger partial charge in [-0.15, -0.1) is 0 Å². The second-order valence-corrected chi connectivity index (χ2v) is 3.87. The molecule has 0 rings (SSSR count). The van der Waals surface area contributed by atoms with E-state index < -0.39 is 0 Å². The fourth-order valence-electron chi connectivity index (χ4n) is 1.63. The number of rotatable bonds is 5. The Balaban J connectivity index is 3.99. The van der Waals surface area contributed by atoms with Crippen LogP contribution in [0.3, 0.4) is 0 Å². The van der Waals surface area contributed by atoms with Gasteiger partial charge in [-0.05, 0) is 33.2 Å². The molecule has 0 saturated carbocycles. The van der Waals surface area contributed by atoms with E-state index in [0.717, 1.165) is 5.92 Å². The maximum absolute atomic E-state index is 3.38. The molecule has 0 bridgehead atoms. The van der Waals surface area contributed by atoms with Crippen molar-refractivity contribution >= 4 is 0 Å². The van der Waals surface area contributed by atoms with Gasteiger partial charge in [-0.2, -0.15) is 0 Å². The smallest absolute Gasteiger partial charge is 0.0150 e. The number of hydrogen-bond donors (Lipinski definition) is 1. The van der Waals surface area contributed by atoms with Crippen LogP contribution in [0.2, 0.25) is 0 Å². The second-order valence-electron chi connectivity index (χ2n) is 3.87. The molecule has 1 heteroatoms. The Kier molecular flexibility index (Phi) is 4.74. The zero-order valence-electron chi connectivity index (χ0n) is 8.70. The van der Waals surface area contributed by atoms with Crippen LogP contribution in [-0.2, 0) is 0 Å². The van der Waals surface area contributed by atoms with Gasteiger partial charge in [0.15, 0.2) is 0 Å². The van der Waals surface area contributed by atoms with E-state index in [1.54, 1.807) is 0 Å². The monoisotopic (exact) mass is 157 g/mol. The van der Waals surface area contributed by atoms with Crippen LogP contribution in [0, 0.1) is 5.92 Å². The van der Waals surface area contributed by atoms with E-state index in [9.17, 15) is 0 Å². The van der Waals surface area contributed by atoms with Gasteiger partial charge in [0.2, 0.25) is 0 Å². The summed E-state index contributed by atoms with van der Waals surface area (Å²) in [6.45, 7) is 9.11. The quantitative estimate of drug-likeness (QED) is 0.647. The van der Waals surface area contributed by atoms with Gasteiger partial charge in [0, 0.05) is 5.54 Å². The zero-order valence-corrected chi connectivity index (χ0v) is 8.70. The molecule has 68 valence electrons. The van der Waals surface area contributed by atoms with Crippen LogP contribution < -0.4 is 5.32 Å². The average molecular weight is 157 g/mol. The summed E-state index contributed by atoms with van der Waals surface area (Å²) < 4.78 is 0. The highest BCUT2D eigenvalue weighted by atomic mass is 14.9. The summed E-state index contributed by atoms with van der Waals surface area (Å²) in [5.74, 6) is 0.817. The standard InChI is InChI=1S/C10H23N/c1-6-8-9(7-2)10(3,4)11-5/h9,11H,6-8H2,1-5H3. The van der Waals surface area contributed by atoms with Gasteiger partial charge in [-0.25, -0.2) is 0 Å². The Morgan fingerprint density at radius 2 is 1.82 bits per heavy atom. The predicted molar refractivity (Wildman–Crippen MR) is 51.8 cm³/mol. The molecule has 0 fully saturated rings. The van der Waals surface area contributed by atoms with Crippen LogP contribution in [0.1, 0.15) is 47.0 Å². The van der Waals surface area contributed by atoms with Crippen LogP contribution in [0.25, 0.3) is 0 Å². The molecule has 1 unspecified atom stereocenters. The Morgan fingerprint density at radius 1 is 1.27 bits per heavy atom. The number of hydrogen-bond acceptors (Lipinski definition) is 1. The van der Waals surface area contributed by atoms with Gasteiger partial charge < -0.3 is 5.32 Å². The lowest BCUT2D eigenvalue weighted by Crippen LogP contribution is -2.43. The largest absolute Gasteiger partial charge is 0.315 e. The van der Waals surface area contributed by atoms with Crippen molar-refractivity contribution in [3.05, 3.63) is 0 Å². The highest BCUT2D eigenvalue weighted by molar-refractivity contribution is 4.83. The first-order valence-electron chi connectivity index (χ1n) is 4.77. The van der Waals surface area contributed by atoms with E-state index in [1.165, 1.54) is 19.3 Å². The molecular formula is C10H23N. The third-order valence-electron chi connectivity index (χ3n) is 2.79. The first-order valence-corrected chi connectivity index (χ1v) is 4.77. The van der Waals surface area contributed by atoms with Crippen LogP contribution in [0.5, 0.6) is 0 Å². The van der Waals surface area contributed by atoms with Crippen LogP contribution in [-0.4, -0.2) is 12.6 Å². The number of nitrogens with one attached hydrogen (secondary N) is 1. The molecule has 0 radical (unpaired) electrons. The first kappa shape index (κ1) is 11.0. The molecule has 0 aliphatic rings. The summed E-state index contributed by atoms with van der Waals surface area (Å²) in [6, 6.07) is 0. The maximum Gasteiger partial charge on any atom is 0.0150 e. The van der Waals surface area contributed by atoms with Crippen LogP contribution in [0.4, 0.5) is 0 Å². The minimum absolute atomic E-state index is 0.310. The summed E-state index contributed by atoms with van der Waals surface area (Å²) in [5.41, 5.74) is 0.310. The SMILES string of the molecule is CCCC(CC)C(C)(C)NC. The van der Waals surface area contributed by atoms with E-state index in [2.05, 4.69) is 40.1 Å². The van der Waals surface area contributed by atoms with Gasteiger partial charge in [-0.3, -0.25) is 0 Å². The second kappa shape index (κ2) is 4.76. The maximum atomic E-state index is 3.38. The lowest BCUT2D eigenvalue weighted by Gasteiger charge is -2.33. The Morgan fingerprint density at radius 3 is 2.09 bits per heavy atom. The highest BCUT2D eigenvalue weighted by Crippen LogP contribution is 2.24. The minimum Gasteiger partial charge on any atom is -0.315 e. The summed E-state index contributed by atoms with van der Waals surface area (Å²) in [7, 11) is 2.05. The van der Waals surface area contributed by atoms with E-state index in [0.29, 0.717) is 5.54 Å². The molecule has 0 aliphatic carbocycles. The molecule has 0 aliphatic heterocycles. The van der Waals surface area contributed by atoms with Crippen LogP contribution in [0.15, 0.2) is 0 Å². The fraction of sp³-hybridized carbons (Fsp3) is 1.00. The predicted octanol–water partition coefficient (Wildman–Crippen LogP) is 2.81. The van der Waals surface area contributed by atoms with Crippen molar-refractivity contribution in [1.29, 1.82) is 0 Å². The summed E-state index contributed by atoms with van der Waals surface area (Å²) >= 11 is 0. The van der Waals surface area contributed by atoms with Crippen molar-refractivity contribution in [2.45, 2.75) is 52.5 Å². The van der Waals surface area contributed by atoms with Crippen molar-refractivity contribution in [3.8, 4) is 0 Å². The zero-order chi connectivity index (χ0) is 8.91. The summed E-state index contributed by atoms with van der Waals surface area (Å²) in [6.07, 6.45) is 3.91. The van der Waals surface area contributed by atoms with E-state index in [1.807, 2.05) is 0 Å². The van der Waals surface area contributed by atoms with E-state index >= 15 is 0 Å². The Bertz CT molecular complexity index is 97.0. The first-order chi connectivity index (χ1) is 5.08. The molecule has 0 heterocycles. The highest BCUT2D eigenvalue weighted by Gasteiger charge is 2.24.